The third-order valence-corrected chi connectivity index (χ3v) is 4.50. The highest BCUT2D eigenvalue weighted by molar-refractivity contribution is 5.70. The molecule has 0 amide bonds. The van der Waals surface area contributed by atoms with Crippen molar-refractivity contribution in [1.29, 1.82) is 0 Å². The van der Waals surface area contributed by atoms with Gasteiger partial charge in [-0.05, 0) is 23.8 Å². The number of nitrogens with one attached hydrogen (secondary N) is 1. The molecule has 0 spiro atoms. The maximum Gasteiger partial charge on any atom is 0.225 e. The minimum absolute atomic E-state index is 0.266. The number of anilines is 1. The second-order valence-corrected chi connectivity index (χ2v) is 6.17. The number of rotatable bonds is 4. The van der Waals surface area contributed by atoms with Gasteiger partial charge >= 0.3 is 0 Å². The first-order valence-electron chi connectivity index (χ1n) is 7.68. The number of aromatic nitrogens is 4. The zero-order valence-electron chi connectivity index (χ0n) is 12.8. The fourth-order valence-electron chi connectivity index (χ4n) is 3.04. The van der Waals surface area contributed by atoms with Crippen LogP contribution in [0.5, 0.6) is 0 Å². The van der Waals surface area contributed by atoms with E-state index in [2.05, 4.69) is 57.5 Å². The van der Waals surface area contributed by atoms with Gasteiger partial charge in [-0.3, -0.25) is 0 Å². The van der Waals surface area contributed by atoms with Gasteiger partial charge in [0.2, 0.25) is 5.95 Å². The quantitative estimate of drug-likeness (QED) is 0.802. The highest BCUT2D eigenvalue weighted by atomic mass is 15.2. The Morgan fingerprint density at radius 3 is 2.73 bits per heavy atom. The number of benzene rings is 1. The lowest BCUT2D eigenvalue weighted by molar-refractivity contribution is 0.626. The van der Waals surface area contributed by atoms with Crippen LogP contribution in [0, 0.1) is 11.8 Å². The second kappa shape index (κ2) is 5.09. The number of hydrogen-bond donors (Lipinski definition) is 1. The molecule has 0 bridgehead atoms. The monoisotopic (exact) mass is 293 g/mol. The lowest BCUT2D eigenvalue weighted by Crippen LogP contribution is -2.15. The molecule has 22 heavy (non-hydrogen) atoms. The van der Waals surface area contributed by atoms with Crippen molar-refractivity contribution in [3.8, 4) is 0 Å². The zero-order valence-corrected chi connectivity index (χ0v) is 12.8. The summed E-state index contributed by atoms with van der Waals surface area (Å²) in [6.07, 6.45) is 4.80. The van der Waals surface area contributed by atoms with Crippen LogP contribution in [-0.2, 0) is 7.05 Å². The number of fused-ring (bicyclic) bond motifs is 1. The lowest BCUT2D eigenvalue weighted by atomic mass is 10.0. The highest BCUT2D eigenvalue weighted by Crippen LogP contribution is 2.48. The number of imidazole rings is 1. The Morgan fingerprint density at radius 1 is 1.23 bits per heavy atom. The van der Waals surface area contributed by atoms with Gasteiger partial charge < -0.3 is 9.88 Å². The second-order valence-electron chi connectivity index (χ2n) is 6.17. The van der Waals surface area contributed by atoms with Crippen LogP contribution in [0.25, 0.3) is 11.2 Å². The SMILES string of the molecule is CC1CC1C(Nc1ncc2ncn(C)c2n1)c1ccccc1. The first kappa shape index (κ1) is 13.2. The predicted molar refractivity (Wildman–Crippen MR) is 86.4 cm³/mol. The van der Waals surface area contributed by atoms with Crippen LogP contribution in [-0.4, -0.2) is 19.5 Å². The van der Waals surface area contributed by atoms with Crippen LogP contribution >= 0.6 is 0 Å². The zero-order chi connectivity index (χ0) is 15.1. The molecule has 5 nitrogen and oxygen atoms in total. The van der Waals surface area contributed by atoms with Crippen molar-refractivity contribution < 1.29 is 0 Å². The van der Waals surface area contributed by atoms with Crippen molar-refractivity contribution in [2.75, 3.05) is 5.32 Å². The van der Waals surface area contributed by atoms with E-state index in [4.69, 9.17) is 0 Å². The summed E-state index contributed by atoms with van der Waals surface area (Å²) in [5.41, 5.74) is 2.97. The fourth-order valence-corrected chi connectivity index (χ4v) is 3.04. The van der Waals surface area contributed by atoms with Gasteiger partial charge in [0.1, 0.15) is 5.52 Å². The molecule has 1 fully saturated rings. The number of nitrogens with zero attached hydrogens (tertiary/aromatic N) is 4. The Balaban J connectivity index is 1.66. The van der Waals surface area contributed by atoms with E-state index in [1.807, 2.05) is 11.6 Å². The van der Waals surface area contributed by atoms with E-state index in [-0.39, 0.29) is 6.04 Å². The van der Waals surface area contributed by atoms with Crippen LogP contribution in [0.4, 0.5) is 5.95 Å². The molecule has 0 saturated heterocycles. The average molecular weight is 293 g/mol. The topological polar surface area (TPSA) is 55.6 Å². The van der Waals surface area contributed by atoms with Gasteiger partial charge in [0, 0.05) is 7.05 Å². The van der Waals surface area contributed by atoms with Gasteiger partial charge in [-0.15, -0.1) is 0 Å². The predicted octanol–water partition coefficient (Wildman–Crippen LogP) is 3.17. The molecular formula is C17H19N5. The molecule has 1 saturated carbocycles. The maximum atomic E-state index is 4.61. The number of hydrogen-bond acceptors (Lipinski definition) is 4. The largest absolute Gasteiger partial charge is 0.347 e. The van der Waals surface area contributed by atoms with Crippen molar-refractivity contribution in [3.63, 3.8) is 0 Å². The van der Waals surface area contributed by atoms with E-state index < -0.39 is 0 Å². The van der Waals surface area contributed by atoms with Gasteiger partial charge in [0.05, 0.1) is 18.6 Å². The molecule has 1 aliphatic rings. The summed E-state index contributed by atoms with van der Waals surface area (Å²) in [5.74, 6) is 2.07. The standard InChI is InChI=1S/C17H19N5/c1-11-8-13(11)15(12-6-4-3-5-7-12)20-17-18-9-14-16(21-17)22(2)10-19-14/h3-7,9-11,13,15H,8H2,1-2H3,(H,18,20,21). The van der Waals surface area contributed by atoms with E-state index in [9.17, 15) is 0 Å². The Kier molecular flexibility index (Phi) is 3.06. The first-order chi connectivity index (χ1) is 10.7. The highest BCUT2D eigenvalue weighted by Gasteiger charge is 2.40. The van der Waals surface area contributed by atoms with E-state index in [0.717, 1.165) is 17.1 Å². The Bertz CT molecular complexity index is 795. The minimum atomic E-state index is 0.266. The van der Waals surface area contributed by atoms with Crippen molar-refractivity contribution in [2.45, 2.75) is 19.4 Å². The molecule has 0 radical (unpaired) electrons. The average Bonchev–Trinajstić information content (AvgIpc) is 3.16. The van der Waals surface area contributed by atoms with Crippen molar-refractivity contribution in [1.82, 2.24) is 19.5 Å². The van der Waals surface area contributed by atoms with Crippen molar-refractivity contribution in [2.24, 2.45) is 18.9 Å². The molecule has 4 rings (SSSR count). The summed E-state index contributed by atoms with van der Waals surface area (Å²) in [6.45, 7) is 2.30. The van der Waals surface area contributed by atoms with Crippen LogP contribution in [0.1, 0.15) is 24.9 Å². The molecular weight excluding hydrogens is 274 g/mol. The van der Waals surface area contributed by atoms with Gasteiger partial charge in [0.25, 0.3) is 0 Å². The molecule has 1 N–H and O–H groups in total. The van der Waals surface area contributed by atoms with Crippen LogP contribution in [0.3, 0.4) is 0 Å². The Hall–Kier alpha value is -2.43. The first-order valence-corrected chi connectivity index (χ1v) is 7.68. The molecule has 0 aliphatic heterocycles. The summed E-state index contributed by atoms with van der Waals surface area (Å²) in [4.78, 5) is 13.3. The maximum absolute atomic E-state index is 4.61. The molecule has 1 aromatic carbocycles. The van der Waals surface area contributed by atoms with E-state index in [1.165, 1.54) is 12.0 Å². The summed E-state index contributed by atoms with van der Waals surface area (Å²) in [6, 6.07) is 10.8. The van der Waals surface area contributed by atoms with E-state index >= 15 is 0 Å². The summed E-state index contributed by atoms with van der Waals surface area (Å²) in [7, 11) is 1.95. The molecule has 3 aromatic rings. The summed E-state index contributed by atoms with van der Waals surface area (Å²) < 4.78 is 1.92. The molecule has 1 aliphatic carbocycles. The molecule has 2 heterocycles. The molecule has 3 atom stereocenters. The normalized spacial score (nSPS) is 21.7. The van der Waals surface area contributed by atoms with E-state index in [0.29, 0.717) is 11.9 Å². The van der Waals surface area contributed by atoms with Gasteiger partial charge in [-0.25, -0.2) is 9.97 Å². The van der Waals surface area contributed by atoms with E-state index in [1.54, 1.807) is 12.5 Å². The smallest absolute Gasteiger partial charge is 0.225 e. The third-order valence-electron chi connectivity index (χ3n) is 4.50. The fraction of sp³-hybridized carbons (Fsp3) is 0.353. The molecule has 5 heteroatoms. The molecule has 3 unspecified atom stereocenters. The Morgan fingerprint density at radius 2 is 2.00 bits per heavy atom. The summed E-state index contributed by atoms with van der Waals surface area (Å²) in [5, 5.41) is 3.53. The van der Waals surface area contributed by atoms with Crippen LogP contribution in [0.2, 0.25) is 0 Å². The Labute approximate surface area is 129 Å². The van der Waals surface area contributed by atoms with Gasteiger partial charge in [-0.2, -0.15) is 4.98 Å². The van der Waals surface area contributed by atoms with Crippen LogP contribution < -0.4 is 5.32 Å². The minimum Gasteiger partial charge on any atom is -0.347 e. The third kappa shape index (κ3) is 2.32. The van der Waals surface area contributed by atoms with Crippen molar-refractivity contribution >= 4 is 17.1 Å². The van der Waals surface area contributed by atoms with Crippen molar-refractivity contribution in [3.05, 3.63) is 48.4 Å². The molecule has 2 aromatic heterocycles. The lowest BCUT2D eigenvalue weighted by Gasteiger charge is -2.19. The number of aryl methyl sites for hydroxylation is 1. The van der Waals surface area contributed by atoms with Crippen LogP contribution in [0.15, 0.2) is 42.9 Å². The summed E-state index contributed by atoms with van der Waals surface area (Å²) >= 11 is 0. The molecule has 112 valence electrons. The van der Waals surface area contributed by atoms with Gasteiger partial charge in [-0.1, -0.05) is 37.3 Å². The van der Waals surface area contributed by atoms with Gasteiger partial charge in [0.15, 0.2) is 5.65 Å².